The summed E-state index contributed by atoms with van der Waals surface area (Å²) in [6, 6.07) is 16.7. The number of hydrogen-bond acceptors (Lipinski definition) is 9. The van der Waals surface area contributed by atoms with Crippen molar-refractivity contribution >= 4 is 48.8 Å². The normalized spacial score (nSPS) is 16.4. The average molecular weight is 527 g/mol. The van der Waals surface area contributed by atoms with Gasteiger partial charge in [0.1, 0.15) is 10.1 Å². The maximum absolute atomic E-state index is 12.9. The van der Waals surface area contributed by atoms with Gasteiger partial charge in [0.15, 0.2) is 6.04 Å². The quantitative estimate of drug-likeness (QED) is 0.366. The molecule has 1 aliphatic heterocycles. The van der Waals surface area contributed by atoms with Gasteiger partial charge >= 0.3 is 0 Å². The van der Waals surface area contributed by atoms with E-state index in [4.69, 9.17) is 0 Å². The van der Waals surface area contributed by atoms with Crippen LogP contribution in [0.3, 0.4) is 0 Å². The molecule has 0 saturated carbocycles. The van der Waals surface area contributed by atoms with Crippen LogP contribution in [0.2, 0.25) is 0 Å². The van der Waals surface area contributed by atoms with Gasteiger partial charge in [-0.2, -0.15) is 20.3 Å². The predicted molar refractivity (Wildman–Crippen MR) is 132 cm³/mol. The number of hydrazone groups is 1. The number of carbonyl (C=O) groups excluding carboxylic acids is 1. The van der Waals surface area contributed by atoms with E-state index < -0.39 is 37.0 Å². The summed E-state index contributed by atoms with van der Waals surface area (Å²) in [5, 5.41) is 13.3. The van der Waals surface area contributed by atoms with Gasteiger partial charge in [-0.3, -0.25) is 9.52 Å². The fourth-order valence-corrected chi connectivity index (χ4v) is 5.20. The van der Waals surface area contributed by atoms with Crippen LogP contribution in [0.1, 0.15) is 12.5 Å². The van der Waals surface area contributed by atoms with E-state index in [9.17, 15) is 26.2 Å². The number of nitrogens with one attached hydrogen (secondary N) is 1. The maximum Gasteiger partial charge on any atom is 0.280 e. The molecule has 186 valence electrons. The van der Waals surface area contributed by atoms with Crippen LogP contribution in [0.15, 0.2) is 97.9 Å². The molecule has 0 bridgehead atoms. The maximum atomic E-state index is 12.9. The molecule has 1 amide bonds. The molecule has 0 fully saturated rings. The van der Waals surface area contributed by atoms with Crippen LogP contribution in [0.5, 0.6) is 0 Å². The largest absolute Gasteiger partial charge is 0.744 e. The van der Waals surface area contributed by atoms with E-state index in [0.717, 1.165) is 17.1 Å². The van der Waals surface area contributed by atoms with Crippen molar-refractivity contribution in [2.45, 2.75) is 29.7 Å². The Hall–Kier alpha value is -3.94. The Morgan fingerprint density at radius 3 is 2.25 bits per heavy atom. The van der Waals surface area contributed by atoms with Crippen LogP contribution in [0.4, 0.5) is 17.1 Å². The second kappa shape index (κ2) is 9.60. The summed E-state index contributed by atoms with van der Waals surface area (Å²) in [6.07, 6.45) is 0. The van der Waals surface area contributed by atoms with E-state index in [2.05, 4.69) is 20.1 Å². The highest BCUT2D eigenvalue weighted by Crippen LogP contribution is 2.27. The molecule has 11 nitrogen and oxygen atoms in total. The number of carbonyl (C=O) groups is 1. The molecule has 0 aliphatic carbocycles. The number of sulfonamides is 1. The number of benzene rings is 3. The lowest BCUT2D eigenvalue weighted by Crippen LogP contribution is -2.29. The molecule has 3 aromatic rings. The first-order chi connectivity index (χ1) is 17.0. The third-order valence-corrected chi connectivity index (χ3v) is 7.61. The lowest BCUT2D eigenvalue weighted by atomic mass is 10.2. The van der Waals surface area contributed by atoms with Crippen LogP contribution >= 0.6 is 0 Å². The van der Waals surface area contributed by atoms with Crippen LogP contribution in [0.25, 0.3) is 0 Å². The first kappa shape index (κ1) is 25.2. The van der Waals surface area contributed by atoms with Crippen LogP contribution < -0.4 is 9.73 Å². The molecule has 1 unspecified atom stereocenters. The third kappa shape index (κ3) is 5.32. The Bertz CT molecular complexity index is 1590. The van der Waals surface area contributed by atoms with Crippen molar-refractivity contribution in [3.63, 3.8) is 0 Å². The summed E-state index contributed by atoms with van der Waals surface area (Å²) in [4.78, 5) is 12.5. The Morgan fingerprint density at radius 1 is 0.944 bits per heavy atom. The fourth-order valence-electron chi connectivity index (χ4n) is 3.41. The van der Waals surface area contributed by atoms with E-state index in [0.29, 0.717) is 17.0 Å². The molecule has 1 aliphatic rings. The molecule has 4 rings (SSSR count). The van der Waals surface area contributed by atoms with Crippen molar-refractivity contribution in [3.05, 3.63) is 78.4 Å². The van der Waals surface area contributed by atoms with Gasteiger partial charge in [-0.05, 0) is 67.9 Å². The molecular formula is C23H20N5O6S2-. The van der Waals surface area contributed by atoms with Gasteiger partial charge in [-0.15, -0.1) is 0 Å². The Kier molecular flexibility index (Phi) is 6.71. The molecule has 13 heteroatoms. The summed E-state index contributed by atoms with van der Waals surface area (Å²) in [6.45, 7) is 3.23. The van der Waals surface area contributed by atoms with Gasteiger partial charge in [-0.1, -0.05) is 24.3 Å². The number of para-hydroxylation sites is 1. The second-order valence-electron chi connectivity index (χ2n) is 7.88. The summed E-state index contributed by atoms with van der Waals surface area (Å²) >= 11 is 0. The van der Waals surface area contributed by atoms with Crippen molar-refractivity contribution in [1.82, 2.24) is 0 Å². The molecular weight excluding hydrogens is 506 g/mol. The lowest BCUT2D eigenvalue weighted by Gasteiger charge is -2.14. The Morgan fingerprint density at radius 2 is 1.61 bits per heavy atom. The van der Waals surface area contributed by atoms with Crippen molar-refractivity contribution in [1.29, 1.82) is 0 Å². The summed E-state index contributed by atoms with van der Waals surface area (Å²) in [5.41, 5.74) is 1.71. The van der Waals surface area contributed by atoms with Gasteiger partial charge in [0.05, 0.1) is 26.9 Å². The molecule has 36 heavy (non-hydrogen) atoms. The van der Waals surface area contributed by atoms with Gasteiger partial charge in [0.25, 0.3) is 15.9 Å². The molecule has 1 atom stereocenters. The monoisotopic (exact) mass is 526 g/mol. The van der Waals surface area contributed by atoms with Gasteiger partial charge in [-0.25, -0.2) is 16.8 Å². The highest BCUT2D eigenvalue weighted by atomic mass is 32.2. The van der Waals surface area contributed by atoms with E-state index in [1.807, 2.05) is 0 Å². The zero-order valence-corrected chi connectivity index (χ0v) is 20.7. The molecule has 1 heterocycles. The molecule has 0 aromatic heterocycles. The van der Waals surface area contributed by atoms with E-state index in [-0.39, 0.29) is 16.3 Å². The minimum Gasteiger partial charge on any atom is -0.744 e. The number of rotatable bonds is 7. The topological polar surface area (TPSA) is 161 Å². The van der Waals surface area contributed by atoms with Gasteiger partial charge < -0.3 is 4.55 Å². The Labute approximate surface area is 208 Å². The standard InChI is InChI=1S/C23H21N5O6S2/c1-15-8-9-18(14-21(15)35(30,31)27-17-6-4-3-5-7-17)24-25-22-16(2)26-28(23(22)29)19-10-12-20(13-11-19)36(32,33)34/h3-14,22,27H,1-2H3,(H,32,33,34)/p-1. The zero-order chi connectivity index (χ0) is 26.1. The first-order valence-electron chi connectivity index (χ1n) is 10.5. The third-order valence-electron chi connectivity index (χ3n) is 5.24. The molecule has 0 spiro atoms. The minimum absolute atomic E-state index is 0.0148. The number of hydrogen-bond donors (Lipinski definition) is 1. The van der Waals surface area contributed by atoms with Crippen molar-refractivity contribution in [3.8, 4) is 0 Å². The Balaban J connectivity index is 1.55. The van der Waals surface area contributed by atoms with Crippen molar-refractivity contribution in [2.75, 3.05) is 9.73 Å². The van der Waals surface area contributed by atoms with Crippen molar-refractivity contribution < 1.29 is 26.2 Å². The minimum atomic E-state index is -4.62. The number of aryl methyl sites for hydroxylation is 1. The molecule has 0 radical (unpaired) electrons. The smallest absolute Gasteiger partial charge is 0.280 e. The lowest BCUT2D eigenvalue weighted by molar-refractivity contribution is -0.117. The molecule has 0 saturated heterocycles. The number of anilines is 2. The average Bonchev–Trinajstić information content (AvgIpc) is 3.11. The summed E-state index contributed by atoms with van der Waals surface area (Å²) in [5.74, 6) is -0.542. The van der Waals surface area contributed by atoms with Gasteiger partial charge in [0.2, 0.25) is 0 Å². The number of nitrogens with zero attached hydrogens (tertiary/aromatic N) is 4. The predicted octanol–water partition coefficient (Wildman–Crippen LogP) is 3.57. The van der Waals surface area contributed by atoms with E-state index in [1.165, 1.54) is 18.2 Å². The number of amides is 1. The number of azo groups is 1. The zero-order valence-electron chi connectivity index (χ0n) is 19.1. The highest BCUT2D eigenvalue weighted by Gasteiger charge is 2.34. The van der Waals surface area contributed by atoms with Crippen LogP contribution in [0, 0.1) is 6.92 Å². The first-order valence-corrected chi connectivity index (χ1v) is 13.4. The highest BCUT2D eigenvalue weighted by molar-refractivity contribution is 7.92. The van der Waals surface area contributed by atoms with Gasteiger partial charge in [0, 0.05) is 5.69 Å². The van der Waals surface area contributed by atoms with Crippen molar-refractivity contribution in [2.24, 2.45) is 15.3 Å². The fraction of sp³-hybridized carbons (Fsp3) is 0.130. The molecule has 3 aromatic carbocycles. The van der Waals surface area contributed by atoms with Crippen LogP contribution in [-0.2, 0) is 24.9 Å². The van der Waals surface area contributed by atoms with E-state index in [1.54, 1.807) is 56.3 Å². The molecule has 1 N–H and O–H groups in total. The van der Waals surface area contributed by atoms with Crippen LogP contribution in [-0.4, -0.2) is 39.0 Å². The SMILES string of the molecule is CC1=NN(c2ccc(S(=O)(=O)[O-])cc2)C(=O)C1N=Nc1ccc(C)c(S(=O)(=O)Nc2ccccc2)c1. The summed E-state index contributed by atoms with van der Waals surface area (Å²) in [7, 11) is -8.52. The second-order valence-corrected chi connectivity index (χ2v) is 10.9. The van der Waals surface area contributed by atoms with E-state index >= 15 is 0 Å². The summed E-state index contributed by atoms with van der Waals surface area (Å²) < 4.78 is 61.7.